The van der Waals surface area contributed by atoms with Crippen molar-refractivity contribution in [1.29, 1.82) is 0 Å². The number of methoxy groups -OCH3 is 2. The van der Waals surface area contributed by atoms with E-state index in [1.807, 2.05) is 30.3 Å². The number of ether oxygens (including phenoxy) is 3. The van der Waals surface area contributed by atoms with Crippen LogP contribution in [-0.4, -0.2) is 14.2 Å². The lowest BCUT2D eigenvalue weighted by molar-refractivity contribution is 0.306. The van der Waals surface area contributed by atoms with Gasteiger partial charge < -0.3 is 23.0 Å². The van der Waals surface area contributed by atoms with Gasteiger partial charge in [-0.15, -0.1) is 0 Å². The Morgan fingerprint density at radius 1 is 0.794 bits per heavy atom. The van der Waals surface area contributed by atoms with Gasteiger partial charge in [0.15, 0.2) is 11.3 Å². The average molecular weight is 456 g/mol. The summed E-state index contributed by atoms with van der Waals surface area (Å²) in [6.07, 6.45) is 0. The van der Waals surface area contributed by atoms with Crippen molar-refractivity contribution >= 4 is 21.9 Å². The molecule has 7 nitrogen and oxygen atoms in total. The summed E-state index contributed by atoms with van der Waals surface area (Å²) in [6.45, 7) is 0.395. The fourth-order valence-corrected chi connectivity index (χ4v) is 3.87. The lowest BCUT2D eigenvalue weighted by Crippen LogP contribution is -2.07. The molecule has 0 bridgehead atoms. The maximum Gasteiger partial charge on any atom is 0.344 e. The summed E-state index contributed by atoms with van der Waals surface area (Å²) in [7, 11) is 2.94. The molecule has 2 aromatic heterocycles. The van der Waals surface area contributed by atoms with Crippen LogP contribution in [0.2, 0.25) is 0 Å². The molecule has 0 aliphatic carbocycles. The Labute approximate surface area is 193 Å². The van der Waals surface area contributed by atoms with E-state index in [-0.39, 0.29) is 16.9 Å². The van der Waals surface area contributed by atoms with Crippen LogP contribution in [0.4, 0.5) is 0 Å². The quantitative estimate of drug-likeness (QED) is 0.326. The SMILES string of the molecule is COc1ccc2c(-c3cc4ccc(OCc5ccccc5)cc4oc3=O)cc(=O)oc2c1OC. The first-order valence-corrected chi connectivity index (χ1v) is 10.5. The summed E-state index contributed by atoms with van der Waals surface area (Å²) in [5.41, 5.74) is 0.996. The summed E-state index contributed by atoms with van der Waals surface area (Å²) in [6, 6.07) is 21.4. The number of hydrogen-bond acceptors (Lipinski definition) is 7. The maximum absolute atomic E-state index is 13.0. The molecule has 5 aromatic rings. The summed E-state index contributed by atoms with van der Waals surface area (Å²) < 4.78 is 27.5. The summed E-state index contributed by atoms with van der Waals surface area (Å²) in [4.78, 5) is 25.3. The Morgan fingerprint density at radius 3 is 2.38 bits per heavy atom. The first kappa shape index (κ1) is 21.3. The Hall–Kier alpha value is -4.52. The molecule has 3 aromatic carbocycles. The number of fused-ring (bicyclic) bond motifs is 2. The van der Waals surface area contributed by atoms with E-state index in [1.165, 1.54) is 20.3 Å². The molecule has 34 heavy (non-hydrogen) atoms. The van der Waals surface area contributed by atoms with Crippen LogP contribution >= 0.6 is 0 Å². The van der Waals surface area contributed by atoms with E-state index in [1.54, 1.807) is 36.4 Å². The summed E-state index contributed by atoms with van der Waals surface area (Å²) in [5.74, 6) is 1.25. The lowest BCUT2D eigenvalue weighted by Gasteiger charge is -2.12. The fraction of sp³-hybridized carbons (Fsp3) is 0.111. The minimum absolute atomic E-state index is 0.188. The van der Waals surface area contributed by atoms with Gasteiger partial charge in [0.2, 0.25) is 5.75 Å². The van der Waals surface area contributed by atoms with Crippen LogP contribution in [0.25, 0.3) is 33.1 Å². The van der Waals surface area contributed by atoms with Crippen molar-refractivity contribution in [2.24, 2.45) is 0 Å². The molecule has 170 valence electrons. The molecule has 0 atom stereocenters. The summed E-state index contributed by atoms with van der Waals surface area (Å²) in [5, 5.41) is 1.20. The van der Waals surface area contributed by atoms with Gasteiger partial charge in [-0.3, -0.25) is 0 Å². The lowest BCUT2D eigenvalue weighted by atomic mass is 10.0. The van der Waals surface area contributed by atoms with Gasteiger partial charge in [0.25, 0.3) is 0 Å². The second-order valence-electron chi connectivity index (χ2n) is 7.58. The van der Waals surface area contributed by atoms with Gasteiger partial charge in [0.05, 0.1) is 19.8 Å². The predicted octanol–water partition coefficient (Wildman–Crippen LogP) is 5.16. The van der Waals surface area contributed by atoms with E-state index in [0.717, 1.165) is 5.56 Å². The molecular formula is C27H20O7. The fourth-order valence-electron chi connectivity index (χ4n) is 3.87. The molecule has 5 rings (SSSR count). The third-order valence-electron chi connectivity index (χ3n) is 5.50. The highest BCUT2D eigenvalue weighted by Gasteiger charge is 2.19. The maximum atomic E-state index is 13.0. The summed E-state index contributed by atoms with van der Waals surface area (Å²) >= 11 is 0. The highest BCUT2D eigenvalue weighted by atomic mass is 16.5. The van der Waals surface area contributed by atoms with Crippen molar-refractivity contribution in [2.75, 3.05) is 14.2 Å². The van der Waals surface area contributed by atoms with Crippen LogP contribution in [0.5, 0.6) is 17.2 Å². The predicted molar refractivity (Wildman–Crippen MR) is 128 cm³/mol. The Kier molecular flexibility index (Phi) is 5.51. The third kappa shape index (κ3) is 3.88. The molecule has 0 spiro atoms. The van der Waals surface area contributed by atoms with Crippen molar-refractivity contribution in [3.8, 4) is 28.4 Å². The molecule has 0 radical (unpaired) electrons. The molecule has 0 aliphatic rings. The topological polar surface area (TPSA) is 88.1 Å². The molecule has 0 saturated heterocycles. The average Bonchev–Trinajstić information content (AvgIpc) is 2.86. The van der Waals surface area contributed by atoms with E-state index >= 15 is 0 Å². The van der Waals surface area contributed by atoms with Gasteiger partial charge in [-0.05, 0) is 35.9 Å². The van der Waals surface area contributed by atoms with E-state index in [0.29, 0.717) is 40.0 Å². The molecule has 0 unspecified atom stereocenters. The third-order valence-corrected chi connectivity index (χ3v) is 5.50. The van der Waals surface area contributed by atoms with Crippen LogP contribution in [0.1, 0.15) is 5.56 Å². The van der Waals surface area contributed by atoms with Crippen molar-refractivity contribution in [3.63, 3.8) is 0 Å². The Balaban J connectivity index is 1.58. The minimum Gasteiger partial charge on any atom is -0.493 e. The highest BCUT2D eigenvalue weighted by molar-refractivity contribution is 5.98. The normalized spacial score (nSPS) is 11.0. The molecule has 0 aliphatic heterocycles. The van der Waals surface area contributed by atoms with Crippen LogP contribution in [0, 0.1) is 0 Å². The van der Waals surface area contributed by atoms with E-state index in [2.05, 4.69) is 0 Å². The molecule has 0 fully saturated rings. The zero-order valence-corrected chi connectivity index (χ0v) is 18.5. The Bertz CT molecular complexity index is 1610. The van der Waals surface area contributed by atoms with Crippen LogP contribution in [0.3, 0.4) is 0 Å². The largest absolute Gasteiger partial charge is 0.493 e. The van der Waals surface area contributed by atoms with Crippen molar-refractivity contribution in [3.05, 3.63) is 99.2 Å². The van der Waals surface area contributed by atoms with Crippen molar-refractivity contribution in [2.45, 2.75) is 6.61 Å². The number of hydrogen-bond donors (Lipinski definition) is 0. The van der Waals surface area contributed by atoms with Crippen LogP contribution < -0.4 is 25.5 Å². The first-order chi connectivity index (χ1) is 16.6. The molecular weight excluding hydrogens is 436 g/mol. The second kappa shape index (κ2) is 8.78. The highest BCUT2D eigenvalue weighted by Crippen LogP contribution is 2.38. The molecule has 2 heterocycles. The van der Waals surface area contributed by atoms with Gasteiger partial charge in [-0.2, -0.15) is 0 Å². The van der Waals surface area contributed by atoms with Crippen LogP contribution in [0.15, 0.2) is 91.2 Å². The van der Waals surface area contributed by atoms with Gasteiger partial charge in [0.1, 0.15) is 17.9 Å². The zero-order chi connectivity index (χ0) is 23.7. The standard InChI is InChI=1S/C27H20O7/c1-30-22-11-10-19-20(14-24(28)34-25(19)26(22)31-2)21-12-17-8-9-18(13-23(17)33-27(21)29)32-15-16-6-4-3-5-7-16/h3-14H,15H2,1-2H3. The van der Waals surface area contributed by atoms with Gasteiger partial charge in [-0.1, -0.05) is 30.3 Å². The number of rotatable bonds is 6. The smallest absolute Gasteiger partial charge is 0.344 e. The van der Waals surface area contributed by atoms with Gasteiger partial charge in [0, 0.05) is 28.5 Å². The monoisotopic (exact) mass is 456 g/mol. The molecule has 0 saturated carbocycles. The Morgan fingerprint density at radius 2 is 1.62 bits per heavy atom. The van der Waals surface area contributed by atoms with E-state index < -0.39 is 11.3 Å². The minimum atomic E-state index is -0.627. The van der Waals surface area contributed by atoms with Gasteiger partial charge in [-0.25, -0.2) is 9.59 Å². The zero-order valence-electron chi connectivity index (χ0n) is 18.5. The van der Waals surface area contributed by atoms with E-state index in [9.17, 15) is 9.59 Å². The van der Waals surface area contributed by atoms with Crippen molar-refractivity contribution < 1.29 is 23.0 Å². The van der Waals surface area contributed by atoms with E-state index in [4.69, 9.17) is 23.0 Å². The van der Waals surface area contributed by atoms with Gasteiger partial charge >= 0.3 is 11.3 Å². The second-order valence-corrected chi connectivity index (χ2v) is 7.58. The number of benzene rings is 3. The molecule has 0 amide bonds. The molecule has 7 heteroatoms. The molecule has 0 N–H and O–H groups in total. The first-order valence-electron chi connectivity index (χ1n) is 10.5. The van der Waals surface area contributed by atoms with Crippen molar-refractivity contribution in [1.82, 2.24) is 0 Å². The van der Waals surface area contributed by atoms with Crippen LogP contribution in [-0.2, 0) is 6.61 Å².